The molecule has 0 radical (unpaired) electrons. The molecule has 0 aliphatic rings. The SMILES string of the molecule is CN(C)c1ccc(C(=O)Nc2ccc(Oc3ccccc3)cc2)nn1. The van der Waals surface area contributed by atoms with Crippen LogP contribution in [0.5, 0.6) is 11.5 Å². The van der Waals surface area contributed by atoms with E-state index in [-0.39, 0.29) is 11.6 Å². The Labute approximate surface area is 146 Å². The van der Waals surface area contributed by atoms with Crippen molar-refractivity contribution >= 4 is 17.4 Å². The lowest BCUT2D eigenvalue weighted by Crippen LogP contribution is -2.16. The van der Waals surface area contributed by atoms with Gasteiger partial charge in [0, 0.05) is 19.8 Å². The minimum atomic E-state index is -0.311. The highest BCUT2D eigenvalue weighted by Crippen LogP contribution is 2.22. The van der Waals surface area contributed by atoms with E-state index in [9.17, 15) is 4.79 Å². The van der Waals surface area contributed by atoms with Crippen molar-refractivity contribution in [2.45, 2.75) is 0 Å². The van der Waals surface area contributed by atoms with Crippen LogP contribution in [-0.2, 0) is 0 Å². The highest BCUT2D eigenvalue weighted by Gasteiger charge is 2.09. The first kappa shape index (κ1) is 16.4. The van der Waals surface area contributed by atoms with Crippen LogP contribution in [0.1, 0.15) is 10.5 Å². The predicted octanol–water partition coefficient (Wildman–Crippen LogP) is 3.59. The summed E-state index contributed by atoms with van der Waals surface area (Å²) in [5.41, 5.74) is 0.916. The molecule has 126 valence electrons. The number of nitrogens with one attached hydrogen (secondary N) is 1. The Bertz CT molecular complexity index is 832. The zero-order valence-corrected chi connectivity index (χ0v) is 14.0. The minimum Gasteiger partial charge on any atom is -0.457 e. The molecule has 6 nitrogen and oxygen atoms in total. The molecule has 3 aromatic rings. The molecule has 0 aliphatic heterocycles. The summed E-state index contributed by atoms with van der Waals surface area (Å²) in [6.07, 6.45) is 0. The number of anilines is 2. The molecule has 0 fully saturated rings. The fourth-order valence-corrected chi connectivity index (χ4v) is 2.11. The van der Waals surface area contributed by atoms with Gasteiger partial charge in [0.25, 0.3) is 5.91 Å². The maximum absolute atomic E-state index is 12.2. The number of ether oxygens (including phenoxy) is 1. The second-order valence-electron chi connectivity index (χ2n) is 5.56. The number of benzene rings is 2. The maximum atomic E-state index is 12.2. The number of carbonyl (C=O) groups is 1. The fraction of sp³-hybridized carbons (Fsp3) is 0.105. The Morgan fingerprint density at radius 1 is 0.880 bits per heavy atom. The lowest BCUT2D eigenvalue weighted by atomic mass is 10.2. The van der Waals surface area contributed by atoms with Crippen LogP contribution < -0.4 is 15.0 Å². The van der Waals surface area contributed by atoms with E-state index in [4.69, 9.17) is 4.74 Å². The van der Waals surface area contributed by atoms with Gasteiger partial charge in [-0.25, -0.2) is 0 Å². The number of nitrogens with zero attached hydrogens (tertiary/aromatic N) is 3. The van der Waals surface area contributed by atoms with Gasteiger partial charge in [-0.15, -0.1) is 10.2 Å². The lowest BCUT2D eigenvalue weighted by molar-refractivity contribution is 0.102. The first-order valence-electron chi connectivity index (χ1n) is 7.77. The smallest absolute Gasteiger partial charge is 0.276 e. The van der Waals surface area contributed by atoms with Crippen molar-refractivity contribution in [3.8, 4) is 11.5 Å². The molecule has 1 aromatic heterocycles. The van der Waals surface area contributed by atoms with Crippen molar-refractivity contribution in [1.29, 1.82) is 0 Å². The average molecular weight is 334 g/mol. The normalized spacial score (nSPS) is 10.2. The van der Waals surface area contributed by atoms with Gasteiger partial charge in [-0.1, -0.05) is 18.2 Å². The van der Waals surface area contributed by atoms with Crippen molar-refractivity contribution in [2.75, 3.05) is 24.3 Å². The number of aromatic nitrogens is 2. The highest BCUT2D eigenvalue weighted by atomic mass is 16.5. The zero-order chi connectivity index (χ0) is 17.6. The number of hydrogen-bond donors (Lipinski definition) is 1. The maximum Gasteiger partial charge on any atom is 0.276 e. The number of hydrogen-bond acceptors (Lipinski definition) is 5. The third-order valence-electron chi connectivity index (χ3n) is 3.43. The summed E-state index contributed by atoms with van der Waals surface area (Å²) in [5.74, 6) is 1.84. The predicted molar refractivity (Wildman–Crippen MR) is 97.3 cm³/mol. The third-order valence-corrected chi connectivity index (χ3v) is 3.43. The van der Waals surface area contributed by atoms with Gasteiger partial charge in [-0.2, -0.15) is 0 Å². The Kier molecular flexibility index (Phi) is 4.89. The van der Waals surface area contributed by atoms with Gasteiger partial charge in [0.1, 0.15) is 11.5 Å². The molecule has 2 aromatic carbocycles. The molecule has 0 saturated carbocycles. The first-order valence-corrected chi connectivity index (χ1v) is 7.77. The van der Waals surface area contributed by atoms with Gasteiger partial charge in [0.05, 0.1) is 0 Å². The van der Waals surface area contributed by atoms with Crippen LogP contribution in [0.3, 0.4) is 0 Å². The van der Waals surface area contributed by atoms with Crippen LogP contribution in [0, 0.1) is 0 Å². The molecule has 1 heterocycles. The van der Waals surface area contributed by atoms with Crippen LogP contribution in [0.4, 0.5) is 11.5 Å². The monoisotopic (exact) mass is 334 g/mol. The van der Waals surface area contributed by atoms with Crippen molar-refractivity contribution < 1.29 is 9.53 Å². The Hall–Kier alpha value is -3.41. The number of para-hydroxylation sites is 1. The van der Waals surface area contributed by atoms with E-state index in [1.165, 1.54) is 0 Å². The number of carbonyl (C=O) groups excluding carboxylic acids is 1. The van der Waals surface area contributed by atoms with Gasteiger partial charge in [0.2, 0.25) is 0 Å². The minimum absolute atomic E-state index is 0.259. The number of rotatable bonds is 5. The first-order chi connectivity index (χ1) is 12.1. The molecule has 3 rings (SSSR count). The van der Waals surface area contributed by atoms with Gasteiger partial charge < -0.3 is 15.0 Å². The quantitative estimate of drug-likeness (QED) is 0.772. The van der Waals surface area contributed by atoms with Gasteiger partial charge in [-0.3, -0.25) is 4.79 Å². The standard InChI is InChI=1S/C19H18N4O2/c1-23(2)18-13-12-17(21-22-18)19(24)20-14-8-10-16(11-9-14)25-15-6-4-3-5-7-15/h3-13H,1-2H3,(H,20,24). The summed E-state index contributed by atoms with van der Waals surface area (Å²) in [6, 6.07) is 20.0. The molecule has 0 saturated heterocycles. The molecule has 1 N–H and O–H groups in total. The third kappa shape index (κ3) is 4.32. The topological polar surface area (TPSA) is 67.4 Å². The molecule has 0 unspecified atom stereocenters. The van der Waals surface area contributed by atoms with Crippen LogP contribution in [0.25, 0.3) is 0 Å². The largest absolute Gasteiger partial charge is 0.457 e. The van der Waals surface area contributed by atoms with E-state index < -0.39 is 0 Å². The summed E-state index contributed by atoms with van der Waals surface area (Å²) in [5, 5.41) is 10.7. The summed E-state index contributed by atoms with van der Waals surface area (Å²) in [7, 11) is 3.73. The van der Waals surface area contributed by atoms with Crippen molar-refractivity contribution in [3.05, 3.63) is 72.4 Å². The van der Waals surface area contributed by atoms with Gasteiger partial charge in [-0.05, 0) is 48.5 Å². The van der Waals surface area contributed by atoms with Gasteiger partial charge in [0.15, 0.2) is 11.5 Å². The van der Waals surface area contributed by atoms with Crippen LogP contribution >= 0.6 is 0 Å². The molecule has 0 atom stereocenters. The molecule has 1 amide bonds. The molecule has 25 heavy (non-hydrogen) atoms. The van der Waals surface area contributed by atoms with E-state index in [1.54, 1.807) is 36.4 Å². The fourth-order valence-electron chi connectivity index (χ4n) is 2.11. The van der Waals surface area contributed by atoms with Crippen molar-refractivity contribution in [2.24, 2.45) is 0 Å². The van der Waals surface area contributed by atoms with E-state index in [1.807, 2.05) is 49.3 Å². The Balaban J connectivity index is 1.63. The van der Waals surface area contributed by atoms with E-state index in [2.05, 4.69) is 15.5 Å². The summed E-state index contributed by atoms with van der Waals surface area (Å²) in [6.45, 7) is 0. The summed E-state index contributed by atoms with van der Waals surface area (Å²) < 4.78 is 5.72. The van der Waals surface area contributed by atoms with Crippen molar-refractivity contribution in [1.82, 2.24) is 10.2 Å². The second-order valence-corrected chi connectivity index (χ2v) is 5.56. The highest BCUT2D eigenvalue weighted by molar-refractivity contribution is 6.02. The Morgan fingerprint density at radius 2 is 1.56 bits per heavy atom. The Morgan fingerprint density at radius 3 is 2.16 bits per heavy atom. The van der Waals surface area contributed by atoms with Crippen molar-refractivity contribution in [3.63, 3.8) is 0 Å². The lowest BCUT2D eigenvalue weighted by Gasteiger charge is -2.10. The molecular formula is C19H18N4O2. The molecule has 0 bridgehead atoms. The van der Waals surface area contributed by atoms with E-state index in [0.717, 1.165) is 5.75 Å². The summed E-state index contributed by atoms with van der Waals surface area (Å²) >= 11 is 0. The van der Waals surface area contributed by atoms with Gasteiger partial charge >= 0.3 is 0 Å². The van der Waals surface area contributed by atoms with E-state index >= 15 is 0 Å². The molecule has 0 aliphatic carbocycles. The van der Waals surface area contributed by atoms with E-state index in [0.29, 0.717) is 17.3 Å². The zero-order valence-electron chi connectivity index (χ0n) is 14.0. The van der Waals surface area contributed by atoms with Crippen LogP contribution in [-0.4, -0.2) is 30.2 Å². The van der Waals surface area contributed by atoms with Crippen LogP contribution in [0.15, 0.2) is 66.7 Å². The number of amides is 1. The molecular weight excluding hydrogens is 316 g/mol. The molecule has 0 spiro atoms. The average Bonchev–Trinajstić information content (AvgIpc) is 2.64. The summed E-state index contributed by atoms with van der Waals surface area (Å²) in [4.78, 5) is 14.0. The second kappa shape index (κ2) is 7.44. The van der Waals surface area contributed by atoms with Crippen LogP contribution in [0.2, 0.25) is 0 Å². The molecule has 6 heteroatoms.